The molecule has 0 N–H and O–H groups in total. The van der Waals surface area contributed by atoms with Gasteiger partial charge in [0.25, 0.3) is 0 Å². The van der Waals surface area contributed by atoms with Crippen LogP contribution >= 0.6 is 11.6 Å². The molecule has 0 radical (unpaired) electrons. The number of hydrogen-bond acceptors (Lipinski definition) is 3. The Bertz CT molecular complexity index is 947. The largest absolute Gasteiger partial charge is 0.496 e. The second-order valence-corrected chi connectivity index (χ2v) is 6.77. The van der Waals surface area contributed by atoms with Gasteiger partial charge in [0.05, 0.1) is 12.8 Å². The maximum absolute atomic E-state index is 6.24. The van der Waals surface area contributed by atoms with Gasteiger partial charge >= 0.3 is 0 Å². The molecule has 0 aliphatic rings. The molecule has 3 rings (SSSR count). The van der Waals surface area contributed by atoms with Crippen molar-refractivity contribution in [1.82, 2.24) is 9.78 Å². The number of benzene rings is 2. The fourth-order valence-corrected chi connectivity index (χ4v) is 3.17. The van der Waals surface area contributed by atoms with Gasteiger partial charge in [-0.15, -0.1) is 0 Å². The molecule has 26 heavy (non-hydrogen) atoms. The second kappa shape index (κ2) is 7.42. The molecule has 2 aromatic carbocycles. The number of rotatable bonds is 5. The van der Waals surface area contributed by atoms with Crippen LogP contribution in [0.4, 0.5) is 0 Å². The molecule has 5 heteroatoms. The van der Waals surface area contributed by atoms with Crippen LogP contribution in [0, 0.1) is 20.8 Å². The van der Waals surface area contributed by atoms with E-state index in [9.17, 15) is 0 Å². The lowest BCUT2D eigenvalue weighted by Crippen LogP contribution is -2.02. The molecule has 4 nitrogen and oxygen atoms in total. The van der Waals surface area contributed by atoms with Crippen molar-refractivity contribution in [3.05, 3.63) is 63.8 Å². The molecule has 136 valence electrons. The van der Waals surface area contributed by atoms with Crippen molar-refractivity contribution in [2.45, 2.75) is 27.4 Å². The van der Waals surface area contributed by atoms with Crippen LogP contribution in [0.5, 0.6) is 11.5 Å². The molecule has 0 spiro atoms. The van der Waals surface area contributed by atoms with Crippen LogP contribution in [-0.4, -0.2) is 16.9 Å². The predicted octanol–water partition coefficient (Wildman–Crippen LogP) is 5.25. The Balaban J connectivity index is 1.84. The van der Waals surface area contributed by atoms with Crippen molar-refractivity contribution in [2.24, 2.45) is 7.05 Å². The number of ether oxygens (including phenoxy) is 2. The van der Waals surface area contributed by atoms with E-state index in [-0.39, 0.29) is 0 Å². The number of hydrogen-bond donors (Lipinski definition) is 0. The van der Waals surface area contributed by atoms with E-state index in [0.717, 1.165) is 45.0 Å². The van der Waals surface area contributed by atoms with Gasteiger partial charge in [-0.25, -0.2) is 0 Å². The third-order valence-electron chi connectivity index (χ3n) is 4.61. The van der Waals surface area contributed by atoms with Crippen LogP contribution in [0.2, 0.25) is 5.15 Å². The third kappa shape index (κ3) is 3.42. The average molecular weight is 371 g/mol. The smallest absolute Gasteiger partial charge is 0.130 e. The lowest BCUT2D eigenvalue weighted by molar-refractivity contribution is 0.294. The summed E-state index contributed by atoms with van der Waals surface area (Å²) in [6.07, 6.45) is 0. The number of aromatic nitrogens is 2. The summed E-state index contributed by atoms with van der Waals surface area (Å²) in [6, 6.07) is 12.1. The molecule has 0 atom stereocenters. The van der Waals surface area contributed by atoms with Gasteiger partial charge in [0, 0.05) is 23.7 Å². The van der Waals surface area contributed by atoms with Crippen LogP contribution in [0.25, 0.3) is 11.3 Å². The minimum absolute atomic E-state index is 0.463. The number of aryl methyl sites for hydroxylation is 3. The highest BCUT2D eigenvalue weighted by atomic mass is 35.5. The Hall–Kier alpha value is -2.46. The van der Waals surface area contributed by atoms with Gasteiger partial charge in [0.15, 0.2) is 0 Å². The van der Waals surface area contributed by atoms with Crippen LogP contribution in [-0.2, 0) is 13.7 Å². The first-order chi connectivity index (χ1) is 12.4. The molecule has 0 fully saturated rings. The maximum atomic E-state index is 6.24. The van der Waals surface area contributed by atoms with Gasteiger partial charge in [-0.1, -0.05) is 23.7 Å². The summed E-state index contributed by atoms with van der Waals surface area (Å²) < 4.78 is 13.2. The van der Waals surface area contributed by atoms with Gasteiger partial charge in [0.1, 0.15) is 23.3 Å². The standard InChI is InChI=1S/C21H23ClN2O2/c1-13-7-6-8-19(25-5)17(13)12-26-18-10-9-16(11-14(18)2)20-15(3)21(22)24(4)23-20/h6-11H,12H2,1-5H3. The summed E-state index contributed by atoms with van der Waals surface area (Å²) in [6.45, 7) is 6.54. The van der Waals surface area contributed by atoms with Crippen molar-refractivity contribution < 1.29 is 9.47 Å². The van der Waals surface area contributed by atoms with Crippen LogP contribution < -0.4 is 9.47 Å². The molecule has 0 unspecified atom stereocenters. The monoisotopic (exact) mass is 370 g/mol. The highest BCUT2D eigenvalue weighted by Crippen LogP contribution is 2.31. The first kappa shape index (κ1) is 18.3. The second-order valence-electron chi connectivity index (χ2n) is 6.41. The highest BCUT2D eigenvalue weighted by molar-refractivity contribution is 6.30. The normalized spacial score (nSPS) is 10.8. The molecule has 0 bridgehead atoms. The fraction of sp³-hybridized carbons (Fsp3) is 0.286. The summed E-state index contributed by atoms with van der Waals surface area (Å²) in [5, 5.41) is 5.16. The van der Waals surface area contributed by atoms with E-state index in [0.29, 0.717) is 11.8 Å². The zero-order valence-corrected chi connectivity index (χ0v) is 16.5. The van der Waals surface area contributed by atoms with Crippen LogP contribution in [0.3, 0.4) is 0 Å². The van der Waals surface area contributed by atoms with Gasteiger partial charge in [-0.05, 0) is 56.2 Å². The summed E-state index contributed by atoms with van der Waals surface area (Å²) in [5.74, 6) is 1.69. The molecule has 0 amide bonds. The quantitative estimate of drug-likeness (QED) is 0.615. The van der Waals surface area contributed by atoms with Crippen molar-refractivity contribution in [1.29, 1.82) is 0 Å². The minimum Gasteiger partial charge on any atom is -0.496 e. The zero-order chi connectivity index (χ0) is 18.8. The lowest BCUT2D eigenvalue weighted by Gasteiger charge is -2.14. The molecule has 0 aliphatic heterocycles. The Morgan fingerprint density at radius 3 is 2.42 bits per heavy atom. The van der Waals surface area contributed by atoms with Gasteiger partial charge in [-0.2, -0.15) is 5.10 Å². The molecule has 1 aromatic heterocycles. The van der Waals surface area contributed by atoms with Crippen molar-refractivity contribution in [2.75, 3.05) is 7.11 Å². The lowest BCUT2D eigenvalue weighted by atomic mass is 10.1. The van der Waals surface area contributed by atoms with Crippen molar-refractivity contribution >= 4 is 11.6 Å². The molecular formula is C21H23ClN2O2. The molecule has 3 aromatic rings. The summed E-state index contributed by atoms with van der Waals surface area (Å²) in [5.41, 5.74) is 6.17. The van der Waals surface area contributed by atoms with Crippen molar-refractivity contribution in [3.63, 3.8) is 0 Å². The van der Waals surface area contributed by atoms with Gasteiger partial charge < -0.3 is 9.47 Å². The Kier molecular flexibility index (Phi) is 5.23. The Morgan fingerprint density at radius 2 is 1.81 bits per heavy atom. The van der Waals surface area contributed by atoms with E-state index in [1.165, 1.54) is 0 Å². The highest BCUT2D eigenvalue weighted by Gasteiger charge is 2.14. The SMILES string of the molecule is COc1cccc(C)c1COc1ccc(-c2nn(C)c(Cl)c2C)cc1C. The van der Waals surface area contributed by atoms with E-state index < -0.39 is 0 Å². The topological polar surface area (TPSA) is 36.3 Å². The summed E-state index contributed by atoms with van der Waals surface area (Å²) in [7, 11) is 3.53. The van der Waals surface area contributed by atoms with E-state index in [4.69, 9.17) is 21.1 Å². The fourth-order valence-electron chi connectivity index (χ4n) is 3.04. The maximum Gasteiger partial charge on any atom is 0.130 e. The minimum atomic E-state index is 0.463. The summed E-state index contributed by atoms with van der Waals surface area (Å²) in [4.78, 5) is 0. The summed E-state index contributed by atoms with van der Waals surface area (Å²) >= 11 is 6.24. The van der Waals surface area contributed by atoms with Crippen molar-refractivity contribution in [3.8, 4) is 22.8 Å². The van der Waals surface area contributed by atoms with E-state index in [2.05, 4.69) is 24.2 Å². The van der Waals surface area contributed by atoms with Crippen LogP contribution in [0.15, 0.2) is 36.4 Å². The molecule has 0 saturated carbocycles. The number of nitrogens with zero attached hydrogens (tertiary/aromatic N) is 2. The first-order valence-corrected chi connectivity index (χ1v) is 8.85. The molecule has 1 heterocycles. The van der Waals surface area contributed by atoms with Gasteiger partial charge in [-0.3, -0.25) is 4.68 Å². The van der Waals surface area contributed by atoms with Gasteiger partial charge in [0.2, 0.25) is 0 Å². The van der Waals surface area contributed by atoms with E-state index in [1.807, 2.05) is 45.2 Å². The third-order valence-corrected chi connectivity index (χ3v) is 5.13. The molecule has 0 aliphatic carbocycles. The van der Waals surface area contributed by atoms with Crippen LogP contribution in [0.1, 0.15) is 22.3 Å². The molecular weight excluding hydrogens is 348 g/mol. The first-order valence-electron chi connectivity index (χ1n) is 8.47. The Morgan fingerprint density at radius 1 is 1.04 bits per heavy atom. The Labute approximate surface area is 159 Å². The average Bonchev–Trinajstić information content (AvgIpc) is 2.88. The van der Waals surface area contributed by atoms with E-state index in [1.54, 1.807) is 11.8 Å². The number of methoxy groups -OCH3 is 1. The van der Waals surface area contributed by atoms with E-state index >= 15 is 0 Å². The predicted molar refractivity (Wildman–Crippen MR) is 105 cm³/mol. The zero-order valence-electron chi connectivity index (χ0n) is 15.8. The number of halogens is 1. The molecule has 0 saturated heterocycles.